The van der Waals surface area contributed by atoms with Crippen LogP contribution in [0.3, 0.4) is 0 Å². The van der Waals surface area contributed by atoms with Gasteiger partial charge < -0.3 is 15.6 Å². The first-order valence-electron chi connectivity index (χ1n) is 7.96. The smallest absolute Gasteiger partial charge is 0.406 e. The molecule has 0 saturated heterocycles. The van der Waals surface area contributed by atoms with Crippen molar-refractivity contribution < 1.29 is 23.0 Å². The van der Waals surface area contributed by atoms with Gasteiger partial charge in [0.15, 0.2) is 0 Å². The van der Waals surface area contributed by atoms with E-state index in [1.807, 2.05) is 13.8 Å². The standard InChI is InChI=1S/C12H16F3NO2.C3H8.C2H6/c1-8-2-5-11(18-12(13,14)15)6-9(8)3-4-10(17)7-16;1-3-2;1-2/h2,5-6,10,17H,3-4,7,16H2,1H3;3H2,1-2H3;1-2H3. The molecule has 1 rings (SSSR count). The molecular weight excluding hydrogens is 307 g/mol. The maximum atomic E-state index is 12.1. The lowest BCUT2D eigenvalue weighted by molar-refractivity contribution is -0.274. The summed E-state index contributed by atoms with van der Waals surface area (Å²) < 4.78 is 40.0. The van der Waals surface area contributed by atoms with Gasteiger partial charge in [-0.3, -0.25) is 0 Å². The van der Waals surface area contributed by atoms with Crippen LogP contribution >= 0.6 is 0 Å². The Morgan fingerprint density at radius 2 is 1.74 bits per heavy atom. The molecule has 0 bridgehead atoms. The number of hydrogen-bond acceptors (Lipinski definition) is 3. The highest BCUT2D eigenvalue weighted by atomic mass is 19.4. The van der Waals surface area contributed by atoms with Crippen molar-refractivity contribution in [2.24, 2.45) is 5.73 Å². The zero-order chi connectivity index (χ0) is 18.5. The van der Waals surface area contributed by atoms with E-state index in [-0.39, 0.29) is 12.3 Å². The Morgan fingerprint density at radius 3 is 2.17 bits per heavy atom. The van der Waals surface area contributed by atoms with Crippen LogP contribution in [0.4, 0.5) is 13.2 Å². The van der Waals surface area contributed by atoms with E-state index in [0.29, 0.717) is 18.4 Å². The molecule has 23 heavy (non-hydrogen) atoms. The average Bonchev–Trinajstić information content (AvgIpc) is 2.49. The Hall–Kier alpha value is -1.27. The van der Waals surface area contributed by atoms with E-state index in [1.54, 1.807) is 13.0 Å². The first-order valence-corrected chi connectivity index (χ1v) is 7.96. The number of halogens is 3. The molecule has 0 aromatic heterocycles. The highest BCUT2D eigenvalue weighted by Crippen LogP contribution is 2.25. The number of nitrogens with two attached hydrogens (primary N) is 1. The SMILES string of the molecule is CC.CCC.Cc1ccc(OC(F)(F)F)cc1CCC(O)CN. The van der Waals surface area contributed by atoms with Crippen molar-refractivity contribution in [3.05, 3.63) is 29.3 Å². The van der Waals surface area contributed by atoms with Crippen LogP contribution in [-0.2, 0) is 6.42 Å². The third-order valence-electron chi connectivity index (χ3n) is 2.57. The average molecular weight is 337 g/mol. The fraction of sp³-hybridized carbons (Fsp3) is 0.647. The lowest BCUT2D eigenvalue weighted by atomic mass is 10.0. The summed E-state index contributed by atoms with van der Waals surface area (Å²) in [5, 5.41) is 9.33. The minimum Gasteiger partial charge on any atom is -0.406 e. The molecule has 0 amide bonds. The van der Waals surface area contributed by atoms with Gasteiger partial charge in [0.1, 0.15) is 5.75 Å². The van der Waals surface area contributed by atoms with Crippen molar-refractivity contribution in [3.8, 4) is 5.75 Å². The van der Waals surface area contributed by atoms with Crippen molar-refractivity contribution in [1.29, 1.82) is 0 Å². The van der Waals surface area contributed by atoms with E-state index in [1.165, 1.54) is 18.6 Å². The van der Waals surface area contributed by atoms with Gasteiger partial charge in [0, 0.05) is 6.54 Å². The summed E-state index contributed by atoms with van der Waals surface area (Å²) in [5.41, 5.74) is 6.83. The molecule has 1 atom stereocenters. The number of benzene rings is 1. The lowest BCUT2D eigenvalue weighted by Gasteiger charge is -2.13. The van der Waals surface area contributed by atoms with E-state index in [2.05, 4.69) is 18.6 Å². The van der Waals surface area contributed by atoms with Crippen molar-refractivity contribution in [2.75, 3.05) is 6.54 Å². The van der Waals surface area contributed by atoms with Gasteiger partial charge in [-0.2, -0.15) is 0 Å². The van der Waals surface area contributed by atoms with E-state index < -0.39 is 12.5 Å². The largest absolute Gasteiger partial charge is 0.573 e. The molecule has 0 spiro atoms. The van der Waals surface area contributed by atoms with Gasteiger partial charge in [0.2, 0.25) is 0 Å². The maximum absolute atomic E-state index is 12.1. The number of aliphatic hydroxyl groups is 1. The second-order valence-corrected chi connectivity index (χ2v) is 4.77. The molecule has 0 radical (unpaired) electrons. The van der Waals surface area contributed by atoms with Crippen molar-refractivity contribution in [2.45, 2.75) is 66.3 Å². The molecule has 0 aliphatic heterocycles. The van der Waals surface area contributed by atoms with Gasteiger partial charge in [0.25, 0.3) is 0 Å². The highest BCUT2D eigenvalue weighted by molar-refractivity contribution is 5.35. The second-order valence-electron chi connectivity index (χ2n) is 4.77. The van der Waals surface area contributed by atoms with E-state index in [0.717, 1.165) is 5.56 Å². The van der Waals surface area contributed by atoms with Crippen LogP contribution in [-0.4, -0.2) is 24.1 Å². The first-order chi connectivity index (χ1) is 10.7. The van der Waals surface area contributed by atoms with Gasteiger partial charge in [-0.15, -0.1) is 13.2 Å². The minimum atomic E-state index is -4.69. The molecule has 6 heteroatoms. The number of ether oxygens (including phenoxy) is 1. The first kappa shape index (κ1) is 24.0. The molecule has 1 aromatic rings. The van der Waals surface area contributed by atoms with E-state index in [9.17, 15) is 18.3 Å². The Bertz CT molecular complexity index is 409. The monoisotopic (exact) mass is 337 g/mol. The summed E-state index contributed by atoms with van der Waals surface area (Å²) in [5.74, 6) is -0.245. The third-order valence-corrected chi connectivity index (χ3v) is 2.57. The summed E-state index contributed by atoms with van der Waals surface area (Å²) in [4.78, 5) is 0. The summed E-state index contributed by atoms with van der Waals surface area (Å²) in [7, 11) is 0. The molecule has 0 heterocycles. The minimum absolute atomic E-state index is 0.137. The number of alkyl halides is 3. The van der Waals surface area contributed by atoms with Crippen molar-refractivity contribution in [1.82, 2.24) is 0 Å². The van der Waals surface area contributed by atoms with Crippen LogP contribution in [0.15, 0.2) is 18.2 Å². The van der Waals surface area contributed by atoms with Gasteiger partial charge in [-0.1, -0.05) is 40.2 Å². The molecule has 1 unspecified atom stereocenters. The van der Waals surface area contributed by atoms with Gasteiger partial charge in [-0.25, -0.2) is 0 Å². The Morgan fingerprint density at radius 1 is 1.22 bits per heavy atom. The molecular formula is C17H30F3NO2. The molecule has 1 aromatic carbocycles. The zero-order valence-electron chi connectivity index (χ0n) is 14.7. The lowest BCUT2D eigenvalue weighted by Crippen LogP contribution is -2.20. The van der Waals surface area contributed by atoms with Gasteiger partial charge >= 0.3 is 6.36 Å². The fourth-order valence-corrected chi connectivity index (χ4v) is 1.55. The normalized spacial score (nSPS) is 11.6. The molecule has 0 aliphatic rings. The van der Waals surface area contributed by atoms with Crippen LogP contribution in [0.1, 0.15) is 51.7 Å². The van der Waals surface area contributed by atoms with Crippen LogP contribution in [0.2, 0.25) is 0 Å². The summed E-state index contributed by atoms with van der Waals surface area (Å²) in [6.45, 7) is 10.2. The topological polar surface area (TPSA) is 55.5 Å². The molecule has 0 aliphatic carbocycles. The summed E-state index contributed by atoms with van der Waals surface area (Å²) in [6, 6.07) is 4.17. The Balaban J connectivity index is 0. The van der Waals surface area contributed by atoms with Crippen molar-refractivity contribution >= 4 is 0 Å². The number of hydrogen-bond donors (Lipinski definition) is 2. The van der Waals surface area contributed by atoms with E-state index >= 15 is 0 Å². The quantitative estimate of drug-likeness (QED) is 0.826. The van der Waals surface area contributed by atoms with Crippen LogP contribution in [0.5, 0.6) is 5.75 Å². The zero-order valence-corrected chi connectivity index (χ0v) is 14.7. The summed E-state index contributed by atoms with van der Waals surface area (Å²) >= 11 is 0. The molecule has 3 nitrogen and oxygen atoms in total. The van der Waals surface area contributed by atoms with Gasteiger partial charge in [0.05, 0.1) is 6.10 Å². The Labute approximate surface area is 137 Å². The van der Waals surface area contributed by atoms with Crippen molar-refractivity contribution in [3.63, 3.8) is 0 Å². The second kappa shape index (κ2) is 13.2. The number of rotatable bonds is 5. The highest BCUT2D eigenvalue weighted by Gasteiger charge is 2.31. The predicted octanol–water partition coefficient (Wildman–Crippen LogP) is 4.59. The van der Waals surface area contributed by atoms with Crippen LogP contribution in [0.25, 0.3) is 0 Å². The third kappa shape index (κ3) is 12.9. The molecule has 3 N–H and O–H groups in total. The van der Waals surface area contributed by atoms with Gasteiger partial charge in [-0.05, 0) is 43.0 Å². The molecule has 0 fully saturated rings. The maximum Gasteiger partial charge on any atom is 0.573 e. The van der Waals surface area contributed by atoms with Crippen LogP contribution < -0.4 is 10.5 Å². The number of aliphatic hydroxyl groups excluding tert-OH is 1. The molecule has 136 valence electrons. The molecule has 0 saturated carbocycles. The fourth-order valence-electron chi connectivity index (χ4n) is 1.55. The Kier molecular flexibility index (Phi) is 13.8. The number of aryl methyl sites for hydroxylation is 2. The predicted molar refractivity (Wildman–Crippen MR) is 88.6 cm³/mol. The van der Waals surface area contributed by atoms with E-state index in [4.69, 9.17) is 5.73 Å². The van der Waals surface area contributed by atoms with Crippen LogP contribution in [0, 0.1) is 6.92 Å². The summed E-state index contributed by atoms with van der Waals surface area (Å²) in [6.07, 6.45) is -3.22.